The molecule has 2 unspecified atom stereocenters. The second kappa shape index (κ2) is 10.8. The first kappa shape index (κ1) is 21.9. The molecule has 2 rings (SSSR count). The van der Waals surface area contributed by atoms with E-state index in [1.807, 2.05) is 19.1 Å². The number of nitrogens with zero attached hydrogens (tertiary/aromatic N) is 2. The van der Waals surface area contributed by atoms with E-state index in [-0.39, 0.29) is 17.8 Å². The van der Waals surface area contributed by atoms with Crippen LogP contribution >= 0.6 is 0 Å². The van der Waals surface area contributed by atoms with E-state index < -0.39 is 0 Å². The van der Waals surface area contributed by atoms with Crippen molar-refractivity contribution in [3.05, 3.63) is 23.8 Å². The van der Waals surface area contributed by atoms with Crippen molar-refractivity contribution < 1.29 is 19.0 Å². The highest BCUT2D eigenvalue weighted by Crippen LogP contribution is 2.28. The van der Waals surface area contributed by atoms with E-state index in [2.05, 4.69) is 28.2 Å². The summed E-state index contributed by atoms with van der Waals surface area (Å²) in [5.74, 6) is 2.39. The Morgan fingerprint density at radius 2 is 2.07 bits per heavy atom. The van der Waals surface area contributed by atoms with Crippen molar-refractivity contribution in [3.8, 4) is 11.5 Å². The van der Waals surface area contributed by atoms with Gasteiger partial charge in [-0.2, -0.15) is 0 Å². The predicted molar refractivity (Wildman–Crippen MR) is 110 cm³/mol. The highest BCUT2D eigenvalue weighted by Gasteiger charge is 2.36. The van der Waals surface area contributed by atoms with Gasteiger partial charge in [-0.25, -0.2) is 0 Å². The second-order valence-corrected chi connectivity index (χ2v) is 7.01. The standard InChI is InChI=1S/C21H33N3O4/c1-6-28-19-12-16(9-10-18(19)26-4)8-7-11-23-21(22-3)24-13-15(2)17(14-24)20(25)27-5/h9-10,12,15,17H,6-8,11,13-14H2,1-5H3,(H,22,23). The molecule has 1 fully saturated rings. The Bertz CT molecular complexity index is 678. The van der Waals surface area contributed by atoms with Crippen molar-refractivity contribution in [2.75, 3.05) is 47.5 Å². The zero-order valence-corrected chi connectivity index (χ0v) is 17.7. The van der Waals surface area contributed by atoms with E-state index >= 15 is 0 Å². The van der Waals surface area contributed by atoms with Gasteiger partial charge in [0.2, 0.25) is 0 Å². The van der Waals surface area contributed by atoms with Gasteiger partial charge in [0.05, 0.1) is 26.7 Å². The molecule has 0 aliphatic carbocycles. The van der Waals surface area contributed by atoms with Crippen molar-refractivity contribution in [1.29, 1.82) is 0 Å². The monoisotopic (exact) mass is 391 g/mol. The highest BCUT2D eigenvalue weighted by atomic mass is 16.5. The minimum atomic E-state index is -0.143. The van der Waals surface area contributed by atoms with Crippen molar-refractivity contribution in [2.45, 2.75) is 26.7 Å². The SMILES string of the molecule is CCOc1cc(CCCNC(=NC)N2CC(C)C(C(=O)OC)C2)ccc1OC. The second-order valence-electron chi connectivity index (χ2n) is 7.01. The molecule has 0 spiro atoms. The lowest BCUT2D eigenvalue weighted by molar-refractivity contribution is -0.145. The molecule has 1 saturated heterocycles. The van der Waals surface area contributed by atoms with Gasteiger partial charge in [0, 0.05) is 26.7 Å². The van der Waals surface area contributed by atoms with Crippen LogP contribution in [0.2, 0.25) is 0 Å². The topological polar surface area (TPSA) is 72.4 Å². The van der Waals surface area contributed by atoms with Gasteiger partial charge in [-0.15, -0.1) is 0 Å². The summed E-state index contributed by atoms with van der Waals surface area (Å²) < 4.78 is 15.9. The maximum Gasteiger partial charge on any atom is 0.310 e. The first-order valence-electron chi connectivity index (χ1n) is 9.87. The Balaban J connectivity index is 1.84. The number of guanidine groups is 1. The molecule has 1 N–H and O–H groups in total. The Hall–Kier alpha value is -2.44. The molecule has 1 aromatic carbocycles. The number of esters is 1. The van der Waals surface area contributed by atoms with Crippen molar-refractivity contribution in [2.24, 2.45) is 16.8 Å². The maximum absolute atomic E-state index is 11.9. The number of rotatable bonds is 8. The van der Waals surface area contributed by atoms with Gasteiger partial charge < -0.3 is 24.4 Å². The summed E-state index contributed by atoms with van der Waals surface area (Å²) in [6.07, 6.45) is 1.88. The summed E-state index contributed by atoms with van der Waals surface area (Å²) in [6.45, 7) is 6.90. The van der Waals surface area contributed by atoms with Crippen LogP contribution in [0.15, 0.2) is 23.2 Å². The number of carbonyl (C=O) groups is 1. The summed E-state index contributed by atoms with van der Waals surface area (Å²) in [5, 5.41) is 3.41. The number of hydrogen-bond donors (Lipinski definition) is 1. The number of aliphatic imine (C=N–C) groups is 1. The quantitative estimate of drug-likeness (QED) is 0.317. The minimum Gasteiger partial charge on any atom is -0.493 e. The minimum absolute atomic E-state index is 0.0974. The Kier molecular flexibility index (Phi) is 8.42. The number of aryl methyl sites for hydroxylation is 1. The smallest absolute Gasteiger partial charge is 0.310 e. The maximum atomic E-state index is 11.9. The Labute approximate surface area is 168 Å². The van der Waals surface area contributed by atoms with Gasteiger partial charge in [-0.3, -0.25) is 9.79 Å². The summed E-state index contributed by atoms with van der Waals surface area (Å²) >= 11 is 0. The average molecular weight is 392 g/mol. The number of ether oxygens (including phenoxy) is 3. The van der Waals surface area contributed by atoms with E-state index in [1.54, 1.807) is 14.2 Å². The first-order chi connectivity index (χ1) is 13.5. The van der Waals surface area contributed by atoms with Gasteiger partial charge in [0.1, 0.15) is 0 Å². The van der Waals surface area contributed by atoms with Crippen LogP contribution in [0.5, 0.6) is 11.5 Å². The molecule has 0 saturated carbocycles. The number of carbonyl (C=O) groups excluding carboxylic acids is 1. The molecular formula is C21H33N3O4. The van der Waals surface area contributed by atoms with E-state index in [1.165, 1.54) is 12.7 Å². The van der Waals surface area contributed by atoms with E-state index in [0.717, 1.165) is 43.4 Å². The molecule has 7 heteroatoms. The van der Waals surface area contributed by atoms with Crippen LogP contribution in [0.4, 0.5) is 0 Å². The zero-order valence-electron chi connectivity index (χ0n) is 17.7. The molecule has 0 amide bonds. The summed E-state index contributed by atoms with van der Waals surface area (Å²) in [4.78, 5) is 18.4. The summed E-state index contributed by atoms with van der Waals surface area (Å²) in [7, 11) is 4.87. The fourth-order valence-corrected chi connectivity index (χ4v) is 3.57. The first-order valence-corrected chi connectivity index (χ1v) is 9.87. The molecule has 1 aromatic rings. The fourth-order valence-electron chi connectivity index (χ4n) is 3.57. The third-order valence-corrected chi connectivity index (χ3v) is 5.08. The lowest BCUT2D eigenvalue weighted by Crippen LogP contribution is -2.41. The molecular weight excluding hydrogens is 358 g/mol. The molecule has 0 radical (unpaired) electrons. The van der Waals surface area contributed by atoms with Gasteiger partial charge in [-0.05, 0) is 43.4 Å². The van der Waals surface area contributed by atoms with Crippen LogP contribution in [-0.4, -0.2) is 64.3 Å². The Morgan fingerprint density at radius 3 is 2.71 bits per heavy atom. The lowest BCUT2D eigenvalue weighted by Gasteiger charge is -2.21. The normalized spacial score (nSPS) is 19.5. The van der Waals surface area contributed by atoms with Crippen LogP contribution in [0.3, 0.4) is 0 Å². The van der Waals surface area contributed by atoms with E-state index in [4.69, 9.17) is 14.2 Å². The molecule has 1 aliphatic heterocycles. The number of hydrogen-bond acceptors (Lipinski definition) is 5. The lowest BCUT2D eigenvalue weighted by atomic mass is 9.99. The molecule has 28 heavy (non-hydrogen) atoms. The Morgan fingerprint density at radius 1 is 1.29 bits per heavy atom. The van der Waals surface area contributed by atoms with Crippen molar-refractivity contribution >= 4 is 11.9 Å². The molecule has 0 aromatic heterocycles. The van der Waals surface area contributed by atoms with Crippen LogP contribution in [0.1, 0.15) is 25.8 Å². The predicted octanol–water partition coefficient (Wildman–Crippen LogP) is 2.34. The average Bonchev–Trinajstić information content (AvgIpc) is 3.09. The summed E-state index contributed by atoms with van der Waals surface area (Å²) in [6, 6.07) is 6.06. The van der Waals surface area contributed by atoms with Gasteiger partial charge >= 0.3 is 5.97 Å². The largest absolute Gasteiger partial charge is 0.493 e. The molecule has 0 bridgehead atoms. The van der Waals surface area contributed by atoms with E-state index in [9.17, 15) is 4.79 Å². The zero-order chi connectivity index (χ0) is 20.5. The number of benzene rings is 1. The molecule has 156 valence electrons. The third-order valence-electron chi connectivity index (χ3n) is 5.08. The molecule has 1 heterocycles. The number of nitrogens with one attached hydrogen (secondary N) is 1. The van der Waals surface area contributed by atoms with Crippen LogP contribution < -0.4 is 14.8 Å². The van der Waals surface area contributed by atoms with Crippen molar-refractivity contribution in [3.63, 3.8) is 0 Å². The van der Waals surface area contributed by atoms with Crippen LogP contribution in [0.25, 0.3) is 0 Å². The van der Waals surface area contributed by atoms with Crippen LogP contribution in [0, 0.1) is 11.8 Å². The van der Waals surface area contributed by atoms with E-state index in [0.29, 0.717) is 13.2 Å². The third kappa shape index (κ3) is 5.53. The van der Waals surface area contributed by atoms with Gasteiger partial charge in [0.15, 0.2) is 17.5 Å². The summed E-state index contributed by atoms with van der Waals surface area (Å²) in [5.41, 5.74) is 1.21. The molecule has 7 nitrogen and oxygen atoms in total. The van der Waals surface area contributed by atoms with Gasteiger partial charge in [-0.1, -0.05) is 13.0 Å². The number of likely N-dealkylation sites (tertiary alicyclic amines) is 1. The number of methoxy groups -OCH3 is 2. The van der Waals surface area contributed by atoms with Crippen LogP contribution in [-0.2, 0) is 16.0 Å². The van der Waals surface area contributed by atoms with Gasteiger partial charge in [0.25, 0.3) is 0 Å². The highest BCUT2D eigenvalue weighted by molar-refractivity contribution is 5.82. The fraction of sp³-hybridized carbons (Fsp3) is 0.619. The molecule has 1 aliphatic rings. The molecule has 2 atom stereocenters. The van der Waals surface area contributed by atoms with Crippen molar-refractivity contribution in [1.82, 2.24) is 10.2 Å².